The van der Waals surface area contributed by atoms with Crippen LogP contribution in [0, 0.1) is 0 Å². The van der Waals surface area contributed by atoms with Gasteiger partial charge in [0.25, 0.3) is 0 Å². The quantitative estimate of drug-likeness (QED) is 0.143. The molecule has 0 spiro atoms. The van der Waals surface area contributed by atoms with E-state index in [0.717, 1.165) is 21.7 Å². The van der Waals surface area contributed by atoms with Crippen LogP contribution in [0.3, 0.4) is 0 Å². The van der Waals surface area contributed by atoms with E-state index in [2.05, 4.69) is 52.3 Å². The third-order valence-electron chi connectivity index (χ3n) is 5.00. The predicted molar refractivity (Wildman–Crippen MR) is 114 cm³/mol. The number of carbonyl (C=O) groups excluding carboxylic acids is 1. The lowest BCUT2D eigenvalue weighted by Crippen LogP contribution is -2.14. The molecule has 0 saturated heterocycles. The summed E-state index contributed by atoms with van der Waals surface area (Å²) in [5, 5.41) is 6.84. The third-order valence-corrected chi connectivity index (χ3v) is 5.90. The first-order valence-corrected chi connectivity index (χ1v) is 9.71. The summed E-state index contributed by atoms with van der Waals surface area (Å²) in [6.45, 7) is 0. The molecule has 0 radical (unpaired) electrons. The van der Waals surface area contributed by atoms with Gasteiger partial charge in [0.05, 0.1) is 0 Å². The normalized spacial score (nSPS) is 12.6. The van der Waals surface area contributed by atoms with Crippen molar-refractivity contribution in [1.29, 1.82) is 0 Å². The molecule has 0 heterocycles. The summed E-state index contributed by atoms with van der Waals surface area (Å²) < 4.78 is 5.80. The Hall–Kier alpha value is -2.91. The molecule has 0 aliphatic heterocycles. The number of esters is 1. The monoisotopic (exact) mass is 414 g/mol. The Morgan fingerprint density at radius 1 is 0.704 bits per heavy atom. The maximum absolute atomic E-state index is 12.7. The van der Waals surface area contributed by atoms with Crippen LogP contribution in [0.2, 0.25) is 0 Å². The number of ether oxygens (including phenoxy) is 1. The molecule has 0 fully saturated rings. The van der Waals surface area contributed by atoms with E-state index < -0.39 is 4.83 Å². The number of rotatable bonds is 3. The number of benzene rings is 5. The lowest BCUT2D eigenvalue weighted by atomic mass is 9.94. The van der Waals surface area contributed by atoms with Gasteiger partial charge in [0, 0.05) is 10.8 Å². The zero-order valence-electron chi connectivity index (χ0n) is 14.4. The molecule has 0 aromatic heterocycles. The van der Waals surface area contributed by atoms with Crippen LogP contribution in [-0.2, 0) is 4.79 Å². The maximum atomic E-state index is 12.7. The molecule has 0 saturated carbocycles. The van der Waals surface area contributed by atoms with E-state index in [1.165, 1.54) is 16.2 Å². The highest BCUT2D eigenvalue weighted by Gasteiger charge is 2.21. The molecular weight excluding hydrogens is 400 g/mol. The Bertz CT molecular complexity index is 1260. The summed E-state index contributed by atoms with van der Waals surface area (Å²) >= 11 is 3.46. The third kappa shape index (κ3) is 2.66. The maximum Gasteiger partial charge on any atom is 0.329 e. The van der Waals surface area contributed by atoms with Gasteiger partial charge in [0.15, 0.2) is 0 Å². The summed E-state index contributed by atoms with van der Waals surface area (Å²) in [6.07, 6.45) is 0. The molecule has 1 unspecified atom stereocenters. The first-order chi connectivity index (χ1) is 13.2. The Kier molecular flexibility index (Phi) is 3.83. The van der Waals surface area contributed by atoms with Crippen molar-refractivity contribution in [2.45, 2.75) is 4.83 Å². The summed E-state index contributed by atoms with van der Waals surface area (Å²) in [5.74, 6) is 0.266. The van der Waals surface area contributed by atoms with Crippen molar-refractivity contribution in [3.63, 3.8) is 0 Å². The van der Waals surface area contributed by atoms with E-state index in [9.17, 15) is 4.79 Å². The Balaban J connectivity index is 1.62. The van der Waals surface area contributed by atoms with Crippen molar-refractivity contribution in [3.05, 3.63) is 90.5 Å². The van der Waals surface area contributed by atoms with Crippen LogP contribution in [0.25, 0.3) is 32.3 Å². The fourth-order valence-electron chi connectivity index (χ4n) is 3.72. The van der Waals surface area contributed by atoms with Crippen LogP contribution >= 0.6 is 15.9 Å². The molecule has 5 aromatic rings. The molecule has 2 nitrogen and oxygen atoms in total. The minimum Gasteiger partial charge on any atom is -0.425 e. The fourth-order valence-corrected chi connectivity index (χ4v) is 4.11. The van der Waals surface area contributed by atoms with Crippen molar-refractivity contribution in [1.82, 2.24) is 0 Å². The van der Waals surface area contributed by atoms with E-state index in [0.29, 0.717) is 5.75 Å². The van der Waals surface area contributed by atoms with Gasteiger partial charge in [-0.1, -0.05) is 88.7 Å². The second-order valence-corrected chi connectivity index (χ2v) is 7.53. The highest BCUT2D eigenvalue weighted by Crippen LogP contribution is 2.39. The average molecular weight is 415 g/mol. The van der Waals surface area contributed by atoms with Crippen LogP contribution in [0.5, 0.6) is 5.75 Å². The lowest BCUT2D eigenvalue weighted by molar-refractivity contribution is -0.133. The summed E-state index contributed by atoms with van der Waals surface area (Å²) in [4.78, 5) is 12.2. The molecule has 3 heteroatoms. The van der Waals surface area contributed by atoms with Gasteiger partial charge in [0.2, 0.25) is 0 Å². The summed E-state index contributed by atoms with van der Waals surface area (Å²) in [6, 6.07) is 28.1. The van der Waals surface area contributed by atoms with Gasteiger partial charge in [-0.3, -0.25) is 4.79 Å². The summed E-state index contributed by atoms with van der Waals surface area (Å²) in [7, 11) is 0. The second kappa shape index (κ2) is 6.36. The fraction of sp³-hybridized carbons (Fsp3) is 0.0417. The van der Waals surface area contributed by atoms with Crippen molar-refractivity contribution in [2.24, 2.45) is 0 Å². The topological polar surface area (TPSA) is 26.3 Å². The number of hydrogen-bond acceptors (Lipinski definition) is 2. The molecular formula is C24H15BrO2. The van der Waals surface area contributed by atoms with Gasteiger partial charge in [-0.25, -0.2) is 0 Å². The Morgan fingerprint density at radius 2 is 1.33 bits per heavy atom. The van der Waals surface area contributed by atoms with Gasteiger partial charge < -0.3 is 4.74 Å². The molecule has 5 rings (SSSR count). The molecule has 27 heavy (non-hydrogen) atoms. The Morgan fingerprint density at radius 3 is 2.07 bits per heavy atom. The van der Waals surface area contributed by atoms with E-state index in [-0.39, 0.29) is 5.97 Å². The van der Waals surface area contributed by atoms with Crippen molar-refractivity contribution >= 4 is 54.2 Å². The molecule has 0 amide bonds. The van der Waals surface area contributed by atoms with E-state index in [1.54, 1.807) is 0 Å². The lowest BCUT2D eigenvalue weighted by Gasteiger charge is -2.15. The van der Waals surface area contributed by atoms with E-state index >= 15 is 0 Å². The zero-order valence-corrected chi connectivity index (χ0v) is 15.9. The molecule has 5 aromatic carbocycles. The highest BCUT2D eigenvalue weighted by atomic mass is 79.9. The average Bonchev–Trinajstić information content (AvgIpc) is 2.73. The first kappa shape index (κ1) is 16.3. The SMILES string of the molecule is O=C(Oc1ccc2ccc3cccc4ccc1c2c34)C(Br)c1ccccc1. The molecule has 0 aliphatic carbocycles. The van der Waals surface area contributed by atoms with Crippen molar-refractivity contribution in [3.8, 4) is 5.75 Å². The number of carbonyl (C=O) groups is 1. The highest BCUT2D eigenvalue weighted by molar-refractivity contribution is 9.09. The van der Waals surface area contributed by atoms with Gasteiger partial charge in [0.1, 0.15) is 10.6 Å². The minimum absolute atomic E-state index is 0.323. The van der Waals surface area contributed by atoms with Crippen LogP contribution in [0.15, 0.2) is 84.9 Å². The largest absolute Gasteiger partial charge is 0.425 e. The predicted octanol–water partition coefficient (Wildman–Crippen LogP) is 6.63. The first-order valence-electron chi connectivity index (χ1n) is 8.79. The van der Waals surface area contributed by atoms with Crippen LogP contribution in [0.4, 0.5) is 0 Å². The van der Waals surface area contributed by atoms with Gasteiger partial charge in [-0.2, -0.15) is 0 Å². The number of alkyl halides is 1. The molecule has 0 N–H and O–H groups in total. The zero-order chi connectivity index (χ0) is 18.4. The van der Waals surface area contributed by atoms with E-state index in [1.807, 2.05) is 48.5 Å². The van der Waals surface area contributed by atoms with Crippen LogP contribution in [0.1, 0.15) is 10.4 Å². The standard InChI is InChI=1S/C24H15BrO2/c25-23(18-5-2-1-3-6-18)24(26)27-20-14-12-17-10-9-15-7-4-8-16-11-13-19(20)22(17)21(15)16/h1-14,23H. The van der Waals surface area contributed by atoms with E-state index in [4.69, 9.17) is 4.74 Å². The van der Waals surface area contributed by atoms with Gasteiger partial charge in [-0.05, 0) is 39.2 Å². The van der Waals surface area contributed by atoms with Crippen molar-refractivity contribution < 1.29 is 9.53 Å². The number of hydrogen-bond donors (Lipinski definition) is 0. The van der Waals surface area contributed by atoms with Crippen molar-refractivity contribution in [2.75, 3.05) is 0 Å². The second-order valence-electron chi connectivity index (χ2n) is 6.61. The Labute approximate surface area is 164 Å². The van der Waals surface area contributed by atoms with Gasteiger partial charge in [-0.15, -0.1) is 0 Å². The van der Waals surface area contributed by atoms with Crippen LogP contribution < -0.4 is 4.74 Å². The van der Waals surface area contributed by atoms with Gasteiger partial charge >= 0.3 is 5.97 Å². The number of halogens is 1. The minimum atomic E-state index is -0.503. The molecule has 130 valence electrons. The molecule has 1 atom stereocenters. The summed E-state index contributed by atoms with van der Waals surface area (Å²) in [5.41, 5.74) is 0.875. The smallest absolute Gasteiger partial charge is 0.329 e. The molecule has 0 aliphatic rings. The van der Waals surface area contributed by atoms with Crippen LogP contribution in [-0.4, -0.2) is 5.97 Å². The molecule has 0 bridgehead atoms.